The molecular weight excluding hydrogens is 294 g/mol. The van der Waals surface area contributed by atoms with Crippen LogP contribution in [0.2, 0.25) is 0 Å². The summed E-state index contributed by atoms with van der Waals surface area (Å²) in [4.78, 5) is 27.5. The van der Waals surface area contributed by atoms with Gasteiger partial charge in [-0.2, -0.15) is 0 Å². The van der Waals surface area contributed by atoms with Crippen molar-refractivity contribution in [1.82, 2.24) is 9.80 Å². The predicted octanol–water partition coefficient (Wildman–Crippen LogP) is 0.489. The smallest absolute Gasteiger partial charge is 0.241 e. The first-order chi connectivity index (χ1) is 9.45. The molecule has 2 N–H and O–H groups in total. The monoisotopic (exact) mass is 321 g/mol. The molecule has 0 aromatic rings. The van der Waals surface area contributed by atoms with Crippen molar-refractivity contribution in [3.05, 3.63) is 0 Å². The molecule has 0 aliphatic heterocycles. The van der Waals surface area contributed by atoms with E-state index in [1.807, 2.05) is 0 Å². The Kier molecular flexibility index (Phi) is 9.57. The number of amides is 2. The number of carbonyl (C=O) groups is 2. The van der Waals surface area contributed by atoms with Crippen LogP contribution in [0.1, 0.15) is 25.7 Å². The van der Waals surface area contributed by atoms with E-state index in [-0.39, 0.29) is 42.7 Å². The fourth-order valence-corrected chi connectivity index (χ4v) is 2.48. The zero-order valence-electron chi connectivity index (χ0n) is 13.2. The van der Waals surface area contributed by atoms with Crippen LogP contribution in [0.25, 0.3) is 0 Å². The molecule has 7 heteroatoms. The molecule has 2 amide bonds. The molecule has 0 bridgehead atoms. The van der Waals surface area contributed by atoms with Gasteiger partial charge in [-0.25, -0.2) is 0 Å². The number of nitrogens with zero attached hydrogens (tertiary/aromatic N) is 2. The lowest BCUT2D eigenvalue weighted by molar-refractivity contribution is -0.143. The first kappa shape index (κ1) is 20.1. The fourth-order valence-electron chi connectivity index (χ4n) is 2.48. The first-order valence-electron chi connectivity index (χ1n) is 7.19. The summed E-state index contributed by atoms with van der Waals surface area (Å²) < 4.78 is 5.03. The van der Waals surface area contributed by atoms with Crippen LogP contribution in [-0.4, -0.2) is 68.6 Å². The lowest BCUT2D eigenvalue weighted by atomic mass is 9.85. The highest BCUT2D eigenvalue weighted by Crippen LogP contribution is 2.24. The van der Waals surface area contributed by atoms with Gasteiger partial charge in [0.15, 0.2) is 0 Å². The van der Waals surface area contributed by atoms with E-state index in [1.54, 1.807) is 26.1 Å². The van der Waals surface area contributed by atoms with E-state index < -0.39 is 0 Å². The molecule has 1 saturated carbocycles. The number of nitrogens with two attached hydrogens (primary N) is 1. The Labute approximate surface area is 133 Å². The minimum Gasteiger partial charge on any atom is -0.383 e. The zero-order chi connectivity index (χ0) is 15.1. The van der Waals surface area contributed by atoms with Gasteiger partial charge in [-0.05, 0) is 19.3 Å². The molecule has 1 aliphatic rings. The van der Waals surface area contributed by atoms with Crippen LogP contribution in [0.15, 0.2) is 0 Å². The van der Waals surface area contributed by atoms with Gasteiger partial charge >= 0.3 is 0 Å². The van der Waals surface area contributed by atoms with E-state index in [9.17, 15) is 9.59 Å². The molecule has 1 rings (SSSR count). The van der Waals surface area contributed by atoms with Gasteiger partial charge in [0.2, 0.25) is 11.8 Å². The van der Waals surface area contributed by atoms with Crippen molar-refractivity contribution in [3.8, 4) is 0 Å². The molecule has 21 heavy (non-hydrogen) atoms. The molecule has 0 radical (unpaired) electrons. The van der Waals surface area contributed by atoms with Crippen LogP contribution in [-0.2, 0) is 14.3 Å². The number of ether oxygens (including phenoxy) is 1. The van der Waals surface area contributed by atoms with Crippen molar-refractivity contribution in [1.29, 1.82) is 0 Å². The van der Waals surface area contributed by atoms with Crippen LogP contribution >= 0.6 is 12.4 Å². The van der Waals surface area contributed by atoms with Crippen LogP contribution in [0.4, 0.5) is 0 Å². The van der Waals surface area contributed by atoms with Crippen molar-refractivity contribution in [3.63, 3.8) is 0 Å². The van der Waals surface area contributed by atoms with E-state index in [0.717, 1.165) is 25.7 Å². The zero-order valence-corrected chi connectivity index (χ0v) is 14.0. The largest absolute Gasteiger partial charge is 0.383 e. The summed E-state index contributed by atoms with van der Waals surface area (Å²) in [5, 5.41) is 0. The van der Waals surface area contributed by atoms with Crippen LogP contribution < -0.4 is 5.73 Å². The van der Waals surface area contributed by atoms with Crippen LogP contribution in [0, 0.1) is 5.92 Å². The highest BCUT2D eigenvalue weighted by Gasteiger charge is 2.29. The van der Waals surface area contributed by atoms with Crippen LogP contribution in [0.3, 0.4) is 0 Å². The van der Waals surface area contributed by atoms with Gasteiger partial charge in [-0.1, -0.05) is 6.42 Å². The van der Waals surface area contributed by atoms with E-state index in [1.165, 1.54) is 4.90 Å². The van der Waals surface area contributed by atoms with Gasteiger partial charge < -0.3 is 20.3 Å². The van der Waals surface area contributed by atoms with Gasteiger partial charge in [-0.3, -0.25) is 9.59 Å². The molecule has 1 fully saturated rings. The molecule has 0 spiro atoms. The summed E-state index contributed by atoms with van der Waals surface area (Å²) >= 11 is 0. The lowest BCUT2D eigenvalue weighted by Crippen LogP contribution is -2.46. The van der Waals surface area contributed by atoms with E-state index >= 15 is 0 Å². The summed E-state index contributed by atoms with van der Waals surface area (Å²) in [6.07, 6.45) is 3.56. The Bertz CT molecular complexity index is 339. The standard InChI is InChI=1S/C14H27N3O3.ClH/c1-16(2)13(18)10-17(7-8-20-3)14(19)11-5-4-6-12(15)9-11;/h11-12H,4-10,15H2,1-3H3;1H. The Morgan fingerprint density at radius 2 is 1.95 bits per heavy atom. The Hall–Kier alpha value is -0.850. The van der Waals surface area contributed by atoms with Crippen LogP contribution in [0.5, 0.6) is 0 Å². The molecule has 0 aromatic heterocycles. The minimum atomic E-state index is -0.0745. The van der Waals surface area contributed by atoms with Gasteiger partial charge in [0.05, 0.1) is 13.2 Å². The number of hydrogen-bond donors (Lipinski definition) is 1. The van der Waals surface area contributed by atoms with Crippen molar-refractivity contribution in [2.75, 3.05) is 40.9 Å². The van der Waals surface area contributed by atoms with Gasteiger partial charge in [-0.15, -0.1) is 12.4 Å². The fraction of sp³-hybridized carbons (Fsp3) is 0.857. The molecular formula is C14H28ClN3O3. The average molecular weight is 322 g/mol. The number of methoxy groups -OCH3 is 1. The average Bonchev–Trinajstić information content (AvgIpc) is 2.42. The maximum absolute atomic E-state index is 12.6. The van der Waals surface area contributed by atoms with Crippen molar-refractivity contribution in [2.45, 2.75) is 31.7 Å². The SMILES string of the molecule is COCCN(CC(=O)N(C)C)C(=O)C1CCCC(N)C1.Cl. The van der Waals surface area contributed by atoms with E-state index in [4.69, 9.17) is 10.5 Å². The number of likely N-dealkylation sites (N-methyl/N-ethyl adjacent to an activating group) is 1. The third kappa shape index (κ3) is 6.63. The third-order valence-corrected chi connectivity index (χ3v) is 3.77. The highest BCUT2D eigenvalue weighted by molar-refractivity contribution is 5.86. The van der Waals surface area contributed by atoms with Crippen molar-refractivity contribution < 1.29 is 14.3 Å². The molecule has 6 nitrogen and oxygen atoms in total. The second-order valence-corrected chi connectivity index (χ2v) is 5.66. The maximum atomic E-state index is 12.6. The molecule has 124 valence electrons. The number of halogens is 1. The Balaban J connectivity index is 0.00000400. The quantitative estimate of drug-likeness (QED) is 0.772. The van der Waals surface area contributed by atoms with E-state index in [0.29, 0.717) is 13.2 Å². The molecule has 0 heterocycles. The normalized spacial score (nSPS) is 21.3. The number of carbonyl (C=O) groups excluding carboxylic acids is 2. The first-order valence-corrected chi connectivity index (χ1v) is 7.19. The summed E-state index contributed by atoms with van der Waals surface area (Å²) in [7, 11) is 4.97. The number of hydrogen-bond acceptors (Lipinski definition) is 4. The molecule has 2 unspecified atom stereocenters. The summed E-state index contributed by atoms with van der Waals surface area (Å²) in [5.41, 5.74) is 5.94. The van der Waals surface area contributed by atoms with E-state index in [2.05, 4.69) is 0 Å². The second kappa shape index (κ2) is 9.97. The molecule has 2 atom stereocenters. The highest BCUT2D eigenvalue weighted by atomic mass is 35.5. The summed E-state index contributed by atoms with van der Waals surface area (Å²) in [6.45, 7) is 0.993. The number of rotatable bonds is 6. The predicted molar refractivity (Wildman–Crippen MR) is 84.3 cm³/mol. The molecule has 1 aliphatic carbocycles. The van der Waals surface area contributed by atoms with Crippen molar-refractivity contribution in [2.24, 2.45) is 11.7 Å². The van der Waals surface area contributed by atoms with Gasteiger partial charge in [0.1, 0.15) is 0 Å². The van der Waals surface area contributed by atoms with Gasteiger partial charge in [0.25, 0.3) is 0 Å². The summed E-state index contributed by atoms with van der Waals surface area (Å²) in [5.74, 6) is -0.0903. The topological polar surface area (TPSA) is 75.9 Å². The van der Waals surface area contributed by atoms with Crippen molar-refractivity contribution >= 4 is 24.2 Å². The Morgan fingerprint density at radius 3 is 2.48 bits per heavy atom. The molecule has 0 aromatic carbocycles. The summed E-state index contributed by atoms with van der Waals surface area (Å²) in [6, 6.07) is 0.103. The third-order valence-electron chi connectivity index (χ3n) is 3.77. The Morgan fingerprint density at radius 1 is 1.29 bits per heavy atom. The van der Waals surface area contributed by atoms with Gasteiger partial charge in [0, 0.05) is 39.7 Å². The maximum Gasteiger partial charge on any atom is 0.241 e. The minimum absolute atomic E-state index is 0. The second-order valence-electron chi connectivity index (χ2n) is 5.66. The molecule has 0 saturated heterocycles. The lowest BCUT2D eigenvalue weighted by Gasteiger charge is -2.31.